The maximum atomic E-state index is 12.8. The fraction of sp³-hybridized carbons (Fsp3) is 0.400. The fourth-order valence-electron chi connectivity index (χ4n) is 4.18. The lowest BCUT2D eigenvalue weighted by Gasteiger charge is -2.20. The molecule has 0 spiro atoms. The molecule has 1 heterocycles. The third kappa shape index (κ3) is 3.05. The normalized spacial score (nSPS) is 26.3. The number of halogens is 1. The van der Waals surface area contributed by atoms with Gasteiger partial charge in [-0.25, -0.2) is 0 Å². The van der Waals surface area contributed by atoms with Crippen LogP contribution in [0.25, 0.3) is 0 Å². The first-order chi connectivity index (χ1) is 11.7. The predicted molar refractivity (Wildman–Crippen MR) is 94.6 cm³/mol. The molecule has 0 aliphatic heterocycles. The van der Waals surface area contributed by atoms with Gasteiger partial charge in [-0.2, -0.15) is 0 Å². The summed E-state index contributed by atoms with van der Waals surface area (Å²) in [5.74, 6) is 1.62. The molecule has 3 nitrogen and oxygen atoms in total. The van der Waals surface area contributed by atoms with Crippen molar-refractivity contribution in [3.63, 3.8) is 0 Å². The number of amides is 1. The zero-order valence-corrected chi connectivity index (χ0v) is 14.2. The Morgan fingerprint density at radius 3 is 2.42 bits per heavy atom. The van der Waals surface area contributed by atoms with Crippen molar-refractivity contribution >= 4 is 17.5 Å². The Balaban J connectivity index is 1.56. The average molecular weight is 341 g/mol. The van der Waals surface area contributed by atoms with Crippen molar-refractivity contribution in [2.75, 3.05) is 0 Å². The van der Waals surface area contributed by atoms with Gasteiger partial charge in [0, 0.05) is 23.3 Å². The second-order valence-electron chi connectivity index (χ2n) is 6.92. The Morgan fingerprint density at radius 2 is 1.79 bits per heavy atom. The van der Waals surface area contributed by atoms with Crippen molar-refractivity contribution in [3.8, 4) is 0 Å². The molecule has 1 amide bonds. The lowest BCUT2D eigenvalue weighted by Crippen LogP contribution is -2.31. The summed E-state index contributed by atoms with van der Waals surface area (Å²) in [7, 11) is 0. The van der Waals surface area contributed by atoms with Crippen LogP contribution in [0.2, 0.25) is 5.02 Å². The SMILES string of the molecule is O=C(N[C@@H](c1ccc(Cl)cc1)c1cccnc1)C1[C@H]2CCCC[C@@H]12. The number of rotatable bonds is 4. The molecule has 4 rings (SSSR count). The monoisotopic (exact) mass is 340 g/mol. The van der Waals surface area contributed by atoms with Crippen molar-refractivity contribution in [2.24, 2.45) is 17.8 Å². The van der Waals surface area contributed by atoms with E-state index in [1.807, 2.05) is 42.6 Å². The van der Waals surface area contributed by atoms with Crippen molar-refractivity contribution < 1.29 is 4.79 Å². The van der Waals surface area contributed by atoms with E-state index in [1.54, 1.807) is 6.20 Å². The van der Waals surface area contributed by atoms with E-state index < -0.39 is 0 Å². The van der Waals surface area contributed by atoms with Gasteiger partial charge in [0.15, 0.2) is 0 Å². The van der Waals surface area contributed by atoms with Crippen LogP contribution in [0.1, 0.15) is 42.9 Å². The number of benzene rings is 1. The number of carbonyl (C=O) groups excluding carboxylic acids is 1. The van der Waals surface area contributed by atoms with Gasteiger partial charge in [0.1, 0.15) is 0 Å². The van der Waals surface area contributed by atoms with E-state index in [4.69, 9.17) is 11.6 Å². The minimum Gasteiger partial charge on any atom is -0.345 e. The summed E-state index contributed by atoms with van der Waals surface area (Å²) in [5, 5.41) is 3.96. The molecule has 0 radical (unpaired) electrons. The first-order valence-electron chi connectivity index (χ1n) is 8.70. The van der Waals surface area contributed by atoms with Crippen molar-refractivity contribution in [3.05, 3.63) is 64.9 Å². The van der Waals surface area contributed by atoms with Gasteiger partial charge in [0.05, 0.1) is 6.04 Å². The van der Waals surface area contributed by atoms with Gasteiger partial charge in [-0.3, -0.25) is 9.78 Å². The van der Waals surface area contributed by atoms with Gasteiger partial charge < -0.3 is 5.32 Å². The molecule has 4 atom stereocenters. The van der Waals surface area contributed by atoms with Crippen LogP contribution in [-0.2, 0) is 4.79 Å². The fourth-order valence-corrected chi connectivity index (χ4v) is 4.31. The van der Waals surface area contributed by atoms with Crippen molar-refractivity contribution in [1.82, 2.24) is 10.3 Å². The summed E-state index contributed by atoms with van der Waals surface area (Å²) in [6, 6.07) is 11.4. The van der Waals surface area contributed by atoms with Crippen molar-refractivity contribution in [2.45, 2.75) is 31.7 Å². The van der Waals surface area contributed by atoms with E-state index in [1.165, 1.54) is 25.7 Å². The number of nitrogens with one attached hydrogen (secondary N) is 1. The predicted octanol–water partition coefficient (Wildman–Crippen LogP) is 4.38. The van der Waals surface area contributed by atoms with Crippen LogP contribution in [0.15, 0.2) is 48.8 Å². The quantitative estimate of drug-likeness (QED) is 0.897. The summed E-state index contributed by atoms with van der Waals surface area (Å²) in [6.45, 7) is 0. The molecule has 24 heavy (non-hydrogen) atoms. The molecule has 2 aliphatic carbocycles. The summed E-state index contributed by atoms with van der Waals surface area (Å²) in [4.78, 5) is 17.0. The standard InChI is InChI=1S/C20H21ClN2O/c21-15-9-7-13(8-10-15)19(14-4-3-11-22-12-14)23-20(24)18-16-5-1-2-6-17(16)18/h3-4,7-12,16-19H,1-2,5-6H2,(H,23,24)/t16-,17+,18?,19-/m0/s1. The molecule has 1 unspecified atom stereocenters. The largest absolute Gasteiger partial charge is 0.345 e. The van der Waals surface area contributed by atoms with E-state index in [0.717, 1.165) is 11.1 Å². The summed E-state index contributed by atoms with van der Waals surface area (Å²) in [6.07, 6.45) is 8.53. The van der Waals surface area contributed by atoms with Gasteiger partial charge >= 0.3 is 0 Å². The van der Waals surface area contributed by atoms with Crippen LogP contribution >= 0.6 is 11.6 Å². The second kappa shape index (κ2) is 6.56. The first kappa shape index (κ1) is 15.6. The Kier molecular flexibility index (Phi) is 4.28. The zero-order valence-electron chi connectivity index (χ0n) is 13.5. The Hall–Kier alpha value is -1.87. The maximum absolute atomic E-state index is 12.8. The van der Waals surface area contributed by atoms with Crippen LogP contribution in [0.4, 0.5) is 0 Å². The number of nitrogens with zero attached hydrogens (tertiary/aromatic N) is 1. The summed E-state index contributed by atoms with van der Waals surface area (Å²) >= 11 is 6.01. The number of aromatic nitrogens is 1. The first-order valence-corrected chi connectivity index (χ1v) is 9.07. The van der Waals surface area contributed by atoms with E-state index in [0.29, 0.717) is 16.9 Å². The van der Waals surface area contributed by atoms with E-state index in [9.17, 15) is 4.79 Å². The lowest BCUT2D eigenvalue weighted by molar-refractivity contribution is -0.123. The molecule has 0 bridgehead atoms. The van der Waals surface area contributed by atoms with Crippen LogP contribution in [0, 0.1) is 17.8 Å². The average Bonchev–Trinajstić information content (AvgIpc) is 3.36. The van der Waals surface area contributed by atoms with E-state index >= 15 is 0 Å². The number of hydrogen-bond acceptors (Lipinski definition) is 2. The molecule has 2 saturated carbocycles. The third-order valence-corrected chi connectivity index (χ3v) is 5.72. The molecular weight excluding hydrogens is 320 g/mol. The van der Waals surface area contributed by atoms with Crippen LogP contribution in [-0.4, -0.2) is 10.9 Å². The highest BCUT2D eigenvalue weighted by atomic mass is 35.5. The van der Waals surface area contributed by atoms with Crippen LogP contribution in [0.3, 0.4) is 0 Å². The molecule has 2 aromatic rings. The van der Waals surface area contributed by atoms with E-state index in [-0.39, 0.29) is 17.9 Å². The van der Waals surface area contributed by atoms with E-state index in [2.05, 4.69) is 10.3 Å². The third-order valence-electron chi connectivity index (χ3n) is 5.47. The smallest absolute Gasteiger partial charge is 0.224 e. The maximum Gasteiger partial charge on any atom is 0.224 e. The highest BCUT2D eigenvalue weighted by molar-refractivity contribution is 6.30. The summed E-state index contributed by atoms with van der Waals surface area (Å²) in [5.41, 5.74) is 2.03. The lowest BCUT2D eigenvalue weighted by atomic mass is 10.00. The highest BCUT2D eigenvalue weighted by Crippen LogP contribution is 2.55. The molecule has 1 aromatic heterocycles. The topological polar surface area (TPSA) is 42.0 Å². The molecular formula is C20H21ClN2O. The molecule has 1 aromatic carbocycles. The number of hydrogen-bond donors (Lipinski definition) is 1. The molecule has 2 fully saturated rings. The van der Waals surface area contributed by atoms with Gasteiger partial charge in [-0.05, 0) is 54.0 Å². The van der Waals surface area contributed by atoms with Crippen LogP contribution < -0.4 is 5.32 Å². The van der Waals surface area contributed by atoms with Gasteiger partial charge in [-0.1, -0.05) is 42.6 Å². The van der Waals surface area contributed by atoms with Crippen LogP contribution in [0.5, 0.6) is 0 Å². The Labute approximate surface area is 147 Å². The number of pyridine rings is 1. The Bertz CT molecular complexity index is 704. The minimum atomic E-state index is -0.175. The highest BCUT2D eigenvalue weighted by Gasteiger charge is 2.54. The molecule has 2 aliphatic rings. The minimum absolute atomic E-state index is 0.175. The van der Waals surface area contributed by atoms with Gasteiger partial charge in [0.2, 0.25) is 5.91 Å². The molecule has 0 saturated heterocycles. The Morgan fingerprint density at radius 1 is 1.08 bits per heavy atom. The molecule has 1 N–H and O–H groups in total. The number of carbonyl (C=O) groups is 1. The molecule has 124 valence electrons. The molecule has 4 heteroatoms. The number of fused-ring (bicyclic) bond motifs is 1. The van der Waals surface area contributed by atoms with Crippen molar-refractivity contribution in [1.29, 1.82) is 0 Å². The summed E-state index contributed by atoms with van der Waals surface area (Å²) < 4.78 is 0. The van der Waals surface area contributed by atoms with Gasteiger partial charge in [0.25, 0.3) is 0 Å². The zero-order chi connectivity index (χ0) is 16.5. The second-order valence-corrected chi connectivity index (χ2v) is 7.35. The van der Waals surface area contributed by atoms with Gasteiger partial charge in [-0.15, -0.1) is 0 Å².